The summed E-state index contributed by atoms with van der Waals surface area (Å²) in [6.07, 6.45) is 2.14. The summed E-state index contributed by atoms with van der Waals surface area (Å²) in [6, 6.07) is 2.71. The number of rotatable bonds is 8. The van der Waals surface area contributed by atoms with Crippen molar-refractivity contribution in [2.24, 2.45) is 5.92 Å². The molecule has 0 aliphatic heterocycles. The van der Waals surface area contributed by atoms with Gasteiger partial charge in [-0.25, -0.2) is 28.5 Å². The second kappa shape index (κ2) is 9.44. The van der Waals surface area contributed by atoms with Crippen LogP contribution in [0.2, 0.25) is 5.02 Å². The first-order chi connectivity index (χ1) is 16.4. The van der Waals surface area contributed by atoms with Gasteiger partial charge in [-0.15, -0.1) is 0 Å². The molecule has 0 aromatic carbocycles. The number of ether oxygens (including phenoxy) is 3. The number of alkyl carbamates (subject to hydrolysis) is 1. The van der Waals surface area contributed by atoms with Crippen LogP contribution < -0.4 is 14.8 Å². The Bertz CT molecular complexity index is 1230. The number of aromatic nitrogens is 3. The number of amides is 1. The summed E-state index contributed by atoms with van der Waals surface area (Å²) in [5, 5.41) is 2.88. The first kappa shape index (κ1) is 24.9. The molecule has 0 unspecified atom stereocenters. The molecule has 1 N–H and O–H groups in total. The van der Waals surface area contributed by atoms with Gasteiger partial charge in [-0.1, -0.05) is 11.6 Å². The molecule has 2 atom stereocenters. The van der Waals surface area contributed by atoms with Crippen molar-refractivity contribution in [1.82, 2.24) is 20.3 Å². The Morgan fingerprint density at radius 1 is 1.29 bits per heavy atom. The summed E-state index contributed by atoms with van der Waals surface area (Å²) in [4.78, 5) is 24.6. The van der Waals surface area contributed by atoms with Crippen LogP contribution in [-0.4, -0.2) is 51.8 Å². The summed E-state index contributed by atoms with van der Waals surface area (Å²) in [7, 11) is 0. The summed E-state index contributed by atoms with van der Waals surface area (Å²) in [5.74, 6) is -2.72. The van der Waals surface area contributed by atoms with E-state index in [0.29, 0.717) is 11.1 Å². The van der Waals surface area contributed by atoms with Crippen LogP contribution in [0.15, 0.2) is 28.9 Å². The fourth-order valence-electron chi connectivity index (χ4n) is 3.06. The molecule has 12 heteroatoms. The Morgan fingerprint density at radius 3 is 2.69 bits per heavy atom. The first-order valence-electron chi connectivity index (χ1n) is 10.9. The van der Waals surface area contributed by atoms with E-state index in [1.807, 2.05) is 0 Å². The summed E-state index contributed by atoms with van der Waals surface area (Å²) in [6.45, 7) is 7.16. The van der Waals surface area contributed by atoms with E-state index in [4.69, 9.17) is 30.2 Å². The van der Waals surface area contributed by atoms with E-state index in [2.05, 4.69) is 20.3 Å². The minimum Gasteiger partial charge on any atom is -0.491 e. The van der Waals surface area contributed by atoms with Gasteiger partial charge in [0.05, 0.1) is 36.0 Å². The molecular formula is C23H25ClF2N4O5. The van der Waals surface area contributed by atoms with Gasteiger partial charge in [0.25, 0.3) is 5.92 Å². The monoisotopic (exact) mass is 510 g/mol. The predicted molar refractivity (Wildman–Crippen MR) is 123 cm³/mol. The maximum absolute atomic E-state index is 13.0. The fraction of sp³-hybridized carbons (Fsp3) is 0.478. The highest BCUT2D eigenvalue weighted by atomic mass is 35.5. The summed E-state index contributed by atoms with van der Waals surface area (Å²) >= 11 is 6.30. The van der Waals surface area contributed by atoms with Crippen molar-refractivity contribution in [3.8, 4) is 23.2 Å². The standard InChI is InChI=1S/C23H25ClF2N4O5/c1-12(29-21(31)35-22(2,3)4)10-33-18-6-17-16(9-27-18)30-20(34-17)19-15(24)5-14(8-28-19)32-11-13-7-23(13,25)26/h5-6,8-9,12-13H,7,10-11H2,1-4H3,(H,29,31)/t12-,13+/m0/s1. The molecule has 188 valence electrons. The quantitative estimate of drug-likeness (QED) is 0.437. The van der Waals surface area contributed by atoms with Crippen LogP contribution in [0.4, 0.5) is 13.6 Å². The number of nitrogens with one attached hydrogen (secondary N) is 1. The minimum atomic E-state index is -2.65. The van der Waals surface area contributed by atoms with Crippen molar-refractivity contribution in [3.63, 3.8) is 0 Å². The molecule has 0 spiro atoms. The Labute approximate surface area is 205 Å². The minimum absolute atomic E-state index is 0.104. The lowest BCUT2D eigenvalue weighted by Gasteiger charge is -2.21. The fourth-order valence-corrected chi connectivity index (χ4v) is 3.30. The zero-order valence-corrected chi connectivity index (χ0v) is 20.4. The maximum atomic E-state index is 13.0. The molecule has 0 saturated heterocycles. The summed E-state index contributed by atoms with van der Waals surface area (Å²) in [5.41, 5.74) is 0.527. The zero-order chi connectivity index (χ0) is 25.4. The van der Waals surface area contributed by atoms with Crippen LogP contribution in [0, 0.1) is 5.92 Å². The van der Waals surface area contributed by atoms with Crippen molar-refractivity contribution in [2.45, 2.75) is 51.7 Å². The van der Waals surface area contributed by atoms with Crippen LogP contribution in [0.1, 0.15) is 34.1 Å². The Balaban J connectivity index is 1.37. The lowest BCUT2D eigenvalue weighted by Crippen LogP contribution is -2.40. The van der Waals surface area contributed by atoms with Crippen molar-refractivity contribution >= 4 is 28.8 Å². The second-order valence-electron chi connectivity index (χ2n) is 9.34. The molecular weight excluding hydrogens is 486 g/mol. The third-order valence-corrected chi connectivity index (χ3v) is 5.21. The van der Waals surface area contributed by atoms with Gasteiger partial charge in [0.15, 0.2) is 5.58 Å². The molecule has 9 nitrogen and oxygen atoms in total. The van der Waals surface area contributed by atoms with Crippen molar-refractivity contribution in [3.05, 3.63) is 29.5 Å². The second-order valence-corrected chi connectivity index (χ2v) is 9.75. The average Bonchev–Trinajstić information content (AvgIpc) is 3.15. The Morgan fingerprint density at radius 2 is 2.03 bits per heavy atom. The van der Waals surface area contributed by atoms with E-state index in [1.165, 1.54) is 18.5 Å². The lowest BCUT2D eigenvalue weighted by atomic mass is 10.2. The lowest BCUT2D eigenvalue weighted by molar-refractivity contribution is 0.0493. The number of pyridine rings is 2. The van der Waals surface area contributed by atoms with Gasteiger partial charge in [-0.2, -0.15) is 0 Å². The molecule has 1 saturated carbocycles. The number of fused-ring (bicyclic) bond motifs is 1. The molecule has 3 heterocycles. The molecule has 4 rings (SSSR count). The Hall–Kier alpha value is -3.21. The number of nitrogens with zero attached hydrogens (tertiary/aromatic N) is 3. The van der Waals surface area contributed by atoms with Gasteiger partial charge in [0.1, 0.15) is 29.2 Å². The summed E-state index contributed by atoms with van der Waals surface area (Å²) < 4.78 is 48.0. The van der Waals surface area contributed by atoms with Crippen LogP contribution in [-0.2, 0) is 4.74 Å². The van der Waals surface area contributed by atoms with Gasteiger partial charge in [0, 0.05) is 18.6 Å². The average molecular weight is 511 g/mol. The van der Waals surface area contributed by atoms with Crippen LogP contribution in [0.25, 0.3) is 22.7 Å². The van der Waals surface area contributed by atoms with Crippen molar-refractivity contribution < 1.29 is 32.2 Å². The smallest absolute Gasteiger partial charge is 0.407 e. The number of halogens is 3. The molecule has 1 amide bonds. The van der Waals surface area contributed by atoms with Crippen LogP contribution in [0.3, 0.4) is 0 Å². The van der Waals surface area contributed by atoms with E-state index in [-0.39, 0.29) is 53.9 Å². The van der Waals surface area contributed by atoms with Crippen LogP contribution >= 0.6 is 11.6 Å². The number of carbonyl (C=O) groups excluding carboxylic acids is 1. The molecule has 1 aliphatic carbocycles. The van der Waals surface area contributed by atoms with Gasteiger partial charge < -0.3 is 23.9 Å². The largest absolute Gasteiger partial charge is 0.491 e. The van der Waals surface area contributed by atoms with Gasteiger partial charge in [-0.3, -0.25) is 0 Å². The number of oxazole rings is 1. The number of hydrogen-bond acceptors (Lipinski definition) is 8. The molecule has 1 fully saturated rings. The molecule has 3 aromatic rings. The molecule has 0 bridgehead atoms. The third kappa shape index (κ3) is 6.47. The number of carbonyl (C=O) groups is 1. The highest BCUT2D eigenvalue weighted by molar-refractivity contribution is 6.33. The van der Waals surface area contributed by atoms with Crippen LogP contribution in [0.5, 0.6) is 11.6 Å². The molecule has 3 aromatic heterocycles. The first-order valence-corrected chi connectivity index (χ1v) is 11.3. The van der Waals surface area contributed by atoms with Gasteiger partial charge in [0.2, 0.25) is 11.8 Å². The maximum Gasteiger partial charge on any atom is 0.407 e. The van der Waals surface area contributed by atoms with Gasteiger partial charge >= 0.3 is 6.09 Å². The predicted octanol–water partition coefficient (Wildman–Crippen LogP) is 5.26. The van der Waals surface area contributed by atoms with E-state index >= 15 is 0 Å². The Kier molecular flexibility index (Phi) is 6.72. The third-order valence-electron chi connectivity index (χ3n) is 4.92. The van der Waals surface area contributed by atoms with E-state index in [0.717, 1.165) is 0 Å². The van der Waals surface area contributed by atoms with Crippen molar-refractivity contribution in [1.29, 1.82) is 0 Å². The zero-order valence-electron chi connectivity index (χ0n) is 19.6. The van der Waals surface area contributed by atoms with Crippen molar-refractivity contribution in [2.75, 3.05) is 13.2 Å². The highest BCUT2D eigenvalue weighted by Crippen LogP contribution is 2.48. The van der Waals surface area contributed by atoms with Gasteiger partial charge in [-0.05, 0) is 27.7 Å². The molecule has 35 heavy (non-hydrogen) atoms. The SMILES string of the molecule is C[C@@H](COc1cc2oc(-c3ncc(OC[C@H]4CC4(F)F)cc3Cl)nc2cn1)NC(=O)OC(C)(C)C. The van der Waals surface area contributed by atoms with E-state index in [1.54, 1.807) is 33.8 Å². The normalized spacial score (nSPS) is 17.6. The highest BCUT2D eigenvalue weighted by Gasteiger charge is 2.57. The van der Waals surface area contributed by atoms with E-state index in [9.17, 15) is 13.6 Å². The number of alkyl halides is 2. The number of hydrogen-bond donors (Lipinski definition) is 1. The van der Waals surface area contributed by atoms with E-state index < -0.39 is 23.5 Å². The topological polar surface area (TPSA) is 109 Å². The molecule has 1 aliphatic rings. The molecule has 0 radical (unpaired) electrons.